The molecule has 0 aromatic heterocycles. The fraction of sp³-hybridized carbons (Fsp3) is 0.867. The minimum absolute atomic E-state index is 0.383. The van der Waals surface area contributed by atoms with Gasteiger partial charge in [-0.15, -0.1) is 0 Å². The number of ether oxygens (including phenoxy) is 1. The Morgan fingerprint density at radius 1 is 1.24 bits per heavy atom. The van der Waals surface area contributed by atoms with Crippen molar-refractivity contribution in [3.05, 3.63) is 12.2 Å². The van der Waals surface area contributed by atoms with E-state index in [0.29, 0.717) is 11.6 Å². The van der Waals surface area contributed by atoms with Crippen molar-refractivity contribution in [2.75, 3.05) is 13.2 Å². The Bertz CT molecular complexity index is 231. The van der Waals surface area contributed by atoms with Crippen LogP contribution in [0.1, 0.15) is 48.5 Å². The van der Waals surface area contributed by atoms with E-state index < -0.39 is 8.80 Å². The average molecular weight is 257 g/mol. The highest BCUT2D eigenvalue weighted by atomic mass is 28.3. The van der Waals surface area contributed by atoms with E-state index in [9.17, 15) is 0 Å². The summed E-state index contributed by atoms with van der Waals surface area (Å²) in [5, 5.41) is 0.383. The van der Waals surface area contributed by atoms with Gasteiger partial charge in [-0.25, -0.2) is 0 Å². The summed E-state index contributed by atoms with van der Waals surface area (Å²) in [5.41, 5.74) is 1.97. The monoisotopic (exact) mass is 256 g/mol. The molecule has 0 aliphatic carbocycles. The molecule has 0 aromatic rings. The third kappa shape index (κ3) is 7.05. The summed E-state index contributed by atoms with van der Waals surface area (Å²) >= 11 is 0. The van der Waals surface area contributed by atoms with Crippen molar-refractivity contribution in [2.45, 2.75) is 65.1 Å². The molecule has 0 aromatic carbocycles. The van der Waals surface area contributed by atoms with Gasteiger partial charge in [-0.2, -0.15) is 0 Å². The summed E-state index contributed by atoms with van der Waals surface area (Å²) in [7, 11) is -0.792. The van der Waals surface area contributed by atoms with Gasteiger partial charge < -0.3 is 4.74 Å². The van der Waals surface area contributed by atoms with Gasteiger partial charge in [-0.3, -0.25) is 0 Å². The van der Waals surface area contributed by atoms with E-state index in [1.54, 1.807) is 0 Å². The number of hydrogen-bond donors (Lipinski definition) is 0. The minimum atomic E-state index is -0.792. The highest BCUT2D eigenvalue weighted by Crippen LogP contribution is 2.38. The SMILES string of the molecule is C=C(C)COCC(C)(C)[SiH](CC(C)C)C(C)C. The average Bonchev–Trinajstić information content (AvgIpc) is 2.12. The second-order valence-corrected chi connectivity index (χ2v) is 11.5. The maximum Gasteiger partial charge on any atom is 0.0671 e. The maximum atomic E-state index is 5.81. The molecule has 0 bridgehead atoms. The lowest BCUT2D eigenvalue weighted by Gasteiger charge is -2.37. The molecule has 0 amide bonds. The van der Waals surface area contributed by atoms with Gasteiger partial charge in [0.1, 0.15) is 0 Å². The molecule has 0 N–H and O–H groups in total. The van der Waals surface area contributed by atoms with Crippen molar-refractivity contribution >= 4 is 8.80 Å². The molecule has 0 heterocycles. The molecule has 1 atom stereocenters. The molecular formula is C15H32OSi. The number of hydrogen-bond acceptors (Lipinski definition) is 1. The molecule has 0 saturated carbocycles. The molecule has 1 unspecified atom stereocenters. The summed E-state index contributed by atoms with van der Waals surface area (Å²) < 4.78 is 5.81. The third-order valence-electron chi connectivity index (χ3n) is 3.36. The largest absolute Gasteiger partial charge is 0.377 e. The topological polar surface area (TPSA) is 9.23 Å². The lowest BCUT2D eigenvalue weighted by molar-refractivity contribution is 0.132. The summed E-state index contributed by atoms with van der Waals surface area (Å²) in [5.74, 6) is 0.814. The first-order chi connectivity index (χ1) is 7.66. The fourth-order valence-electron chi connectivity index (χ4n) is 2.60. The molecule has 0 spiro atoms. The van der Waals surface area contributed by atoms with E-state index >= 15 is 0 Å². The van der Waals surface area contributed by atoms with Crippen LogP contribution in [0.15, 0.2) is 12.2 Å². The molecule has 1 nitrogen and oxygen atoms in total. The van der Waals surface area contributed by atoms with E-state index in [1.807, 2.05) is 6.92 Å². The van der Waals surface area contributed by atoms with Crippen molar-refractivity contribution in [1.29, 1.82) is 0 Å². The first-order valence-electron chi connectivity index (χ1n) is 6.89. The van der Waals surface area contributed by atoms with Crippen LogP contribution in [0.3, 0.4) is 0 Å². The molecule has 0 rings (SSSR count). The predicted molar refractivity (Wildman–Crippen MR) is 81.6 cm³/mol. The second kappa shape index (κ2) is 7.37. The van der Waals surface area contributed by atoms with E-state index in [-0.39, 0.29) is 0 Å². The Hall–Kier alpha value is -0.0831. The van der Waals surface area contributed by atoms with Gasteiger partial charge in [0, 0.05) is 15.4 Å². The van der Waals surface area contributed by atoms with Crippen molar-refractivity contribution < 1.29 is 4.74 Å². The molecule has 0 saturated heterocycles. The van der Waals surface area contributed by atoms with Crippen LogP contribution in [0.4, 0.5) is 0 Å². The van der Waals surface area contributed by atoms with Crippen LogP contribution in [0.5, 0.6) is 0 Å². The van der Waals surface area contributed by atoms with Crippen molar-refractivity contribution in [3.63, 3.8) is 0 Å². The molecule has 17 heavy (non-hydrogen) atoms. The normalized spacial score (nSPS) is 14.4. The Morgan fingerprint density at radius 3 is 2.12 bits per heavy atom. The highest BCUT2D eigenvalue weighted by molar-refractivity contribution is 6.63. The Labute approximate surface area is 110 Å². The minimum Gasteiger partial charge on any atom is -0.377 e. The fourth-order valence-corrected chi connectivity index (χ4v) is 6.93. The van der Waals surface area contributed by atoms with Crippen molar-refractivity contribution in [3.8, 4) is 0 Å². The molecule has 102 valence electrons. The molecule has 0 fully saturated rings. The third-order valence-corrected chi connectivity index (χ3v) is 8.59. The van der Waals surface area contributed by atoms with Crippen LogP contribution < -0.4 is 0 Å². The van der Waals surface area contributed by atoms with Crippen LogP contribution >= 0.6 is 0 Å². The first-order valence-corrected chi connectivity index (χ1v) is 8.95. The summed E-state index contributed by atoms with van der Waals surface area (Å²) in [4.78, 5) is 0. The smallest absolute Gasteiger partial charge is 0.0671 e. The highest BCUT2D eigenvalue weighted by Gasteiger charge is 2.33. The van der Waals surface area contributed by atoms with Gasteiger partial charge in [0.25, 0.3) is 0 Å². The van der Waals surface area contributed by atoms with Crippen LogP contribution in [0.25, 0.3) is 0 Å². The lowest BCUT2D eigenvalue weighted by Crippen LogP contribution is -2.35. The first kappa shape index (κ1) is 16.9. The second-order valence-electron chi connectivity index (χ2n) is 6.92. The molecule has 0 aliphatic heterocycles. The maximum absolute atomic E-state index is 5.81. The van der Waals surface area contributed by atoms with Gasteiger partial charge in [-0.1, -0.05) is 65.3 Å². The standard InChI is InChI=1S/C15H32OSi/c1-12(2)9-16-11-15(7,8)17(14(5)6)10-13(3)4/h13-14,17H,1,9-11H2,2-8H3. The van der Waals surface area contributed by atoms with Crippen molar-refractivity contribution in [2.24, 2.45) is 5.92 Å². The van der Waals surface area contributed by atoms with Crippen LogP contribution in [0.2, 0.25) is 16.6 Å². The van der Waals surface area contributed by atoms with E-state index in [4.69, 9.17) is 4.74 Å². The summed E-state index contributed by atoms with van der Waals surface area (Å²) in [6.45, 7) is 21.8. The number of rotatable bonds is 8. The molecule has 0 radical (unpaired) electrons. The predicted octanol–water partition coefficient (Wildman–Crippen LogP) is 4.65. The van der Waals surface area contributed by atoms with Gasteiger partial charge in [0.2, 0.25) is 0 Å². The summed E-state index contributed by atoms with van der Waals surface area (Å²) in [6.07, 6.45) is 0. The lowest BCUT2D eigenvalue weighted by atomic mass is 10.2. The quantitative estimate of drug-likeness (QED) is 0.453. The van der Waals surface area contributed by atoms with E-state index in [0.717, 1.165) is 23.6 Å². The Morgan fingerprint density at radius 2 is 1.76 bits per heavy atom. The van der Waals surface area contributed by atoms with Gasteiger partial charge >= 0.3 is 0 Å². The van der Waals surface area contributed by atoms with E-state index in [2.05, 4.69) is 48.1 Å². The zero-order chi connectivity index (χ0) is 13.6. The zero-order valence-electron chi connectivity index (χ0n) is 13.0. The van der Waals surface area contributed by atoms with Crippen LogP contribution in [-0.4, -0.2) is 22.0 Å². The Kier molecular flexibility index (Phi) is 7.34. The van der Waals surface area contributed by atoms with Crippen molar-refractivity contribution in [1.82, 2.24) is 0 Å². The molecular weight excluding hydrogens is 224 g/mol. The van der Waals surface area contributed by atoms with E-state index in [1.165, 1.54) is 6.04 Å². The summed E-state index contributed by atoms with van der Waals surface area (Å²) in [6, 6.07) is 1.42. The van der Waals surface area contributed by atoms with Crippen LogP contribution in [0, 0.1) is 5.92 Å². The molecule has 2 heteroatoms. The van der Waals surface area contributed by atoms with Gasteiger partial charge in [0.15, 0.2) is 0 Å². The van der Waals surface area contributed by atoms with Gasteiger partial charge in [0.05, 0.1) is 6.61 Å². The van der Waals surface area contributed by atoms with Crippen LogP contribution in [-0.2, 0) is 4.74 Å². The molecule has 0 aliphatic rings. The zero-order valence-corrected chi connectivity index (χ0v) is 14.1. The Balaban J connectivity index is 4.43. The van der Waals surface area contributed by atoms with Gasteiger partial charge in [-0.05, 0) is 17.9 Å².